The molecule has 1 aromatic carbocycles. The summed E-state index contributed by atoms with van der Waals surface area (Å²) < 4.78 is 11.4. The number of hydrogen-bond donors (Lipinski definition) is 2. The Kier molecular flexibility index (Phi) is 6.91. The van der Waals surface area contributed by atoms with Crippen LogP contribution < -0.4 is 20.5 Å². The first kappa shape index (κ1) is 18.6. The summed E-state index contributed by atoms with van der Waals surface area (Å²) in [6.45, 7) is 5.71. The SMILES string of the molecule is CCCCOc1ccc(C(=O)NC2(CN)CCCC2)cc1OCC. The summed E-state index contributed by atoms with van der Waals surface area (Å²) in [5.41, 5.74) is 6.24. The molecule has 2 rings (SSSR count). The highest BCUT2D eigenvalue weighted by molar-refractivity contribution is 5.95. The molecule has 0 aromatic heterocycles. The van der Waals surface area contributed by atoms with E-state index in [2.05, 4.69) is 12.2 Å². The summed E-state index contributed by atoms with van der Waals surface area (Å²) in [6, 6.07) is 5.37. The molecule has 0 spiro atoms. The van der Waals surface area contributed by atoms with E-state index in [1.165, 1.54) is 0 Å². The van der Waals surface area contributed by atoms with E-state index >= 15 is 0 Å². The van der Waals surface area contributed by atoms with E-state index in [4.69, 9.17) is 15.2 Å². The summed E-state index contributed by atoms with van der Waals surface area (Å²) in [5.74, 6) is 1.22. The van der Waals surface area contributed by atoms with E-state index in [0.717, 1.165) is 38.5 Å². The van der Waals surface area contributed by atoms with Gasteiger partial charge in [0.05, 0.1) is 18.8 Å². The van der Waals surface area contributed by atoms with Crippen LogP contribution in [-0.4, -0.2) is 31.2 Å². The van der Waals surface area contributed by atoms with Crippen molar-refractivity contribution in [3.63, 3.8) is 0 Å². The van der Waals surface area contributed by atoms with Crippen molar-refractivity contribution in [3.05, 3.63) is 23.8 Å². The Morgan fingerprint density at radius 2 is 1.96 bits per heavy atom. The molecule has 0 bridgehead atoms. The molecule has 24 heavy (non-hydrogen) atoms. The second-order valence-electron chi connectivity index (χ2n) is 6.44. The van der Waals surface area contributed by atoms with Crippen LogP contribution in [0.5, 0.6) is 11.5 Å². The highest BCUT2D eigenvalue weighted by atomic mass is 16.5. The maximum Gasteiger partial charge on any atom is 0.251 e. The minimum atomic E-state index is -0.251. The van der Waals surface area contributed by atoms with E-state index in [0.29, 0.717) is 36.8 Å². The zero-order valence-corrected chi connectivity index (χ0v) is 14.9. The van der Waals surface area contributed by atoms with E-state index in [9.17, 15) is 4.79 Å². The molecule has 0 saturated heterocycles. The Morgan fingerprint density at radius 1 is 1.21 bits per heavy atom. The molecule has 3 N–H and O–H groups in total. The number of carbonyl (C=O) groups excluding carboxylic acids is 1. The lowest BCUT2D eigenvalue weighted by Gasteiger charge is -2.28. The van der Waals surface area contributed by atoms with Gasteiger partial charge in [0.2, 0.25) is 0 Å². The summed E-state index contributed by atoms with van der Waals surface area (Å²) in [6.07, 6.45) is 6.20. The van der Waals surface area contributed by atoms with Crippen LogP contribution in [-0.2, 0) is 0 Å². The van der Waals surface area contributed by atoms with Gasteiger partial charge in [-0.05, 0) is 44.4 Å². The average molecular weight is 334 g/mol. The van der Waals surface area contributed by atoms with Crippen LogP contribution in [0, 0.1) is 0 Å². The summed E-state index contributed by atoms with van der Waals surface area (Å²) >= 11 is 0. The van der Waals surface area contributed by atoms with E-state index in [1.807, 2.05) is 13.0 Å². The number of ether oxygens (including phenoxy) is 2. The van der Waals surface area contributed by atoms with Gasteiger partial charge in [0.25, 0.3) is 5.91 Å². The van der Waals surface area contributed by atoms with Crippen LogP contribution in [0.4, 0.5) is 0 Å². The van der Waals surface area contributed by atoms with Gasteiger partial charge in [0, 0.05) is 12.1 Å². The number of amides is 1. The Bertz CT molecular complexity index is 539. The van der Waals surface area contributed by atoms with Gasteiger partial charge in [-0.3, -0.25) is 4.79 Å². The molecular formula is C19H30N2O3. The quantitative estimate of drug-likeness (QED) is 0.680. The first-order valence-corrected chi connectivity index (χ1v) is 9.06. The van der Waals surface area contributed by atoms with Crippen molar-refractivity contribution in [1.82, 2.24) is 5.32 Å². The van der Waals surface area contributed by atoms with E-state index in [1.54, 1.807) is 12.1 Å². The van der Waals surface area contributed by atoms with Gasteiger partial charge in [-0.2, -0.15) is 0 Å². The number of nitrogens with two attached hydrogens (primary N) is 1. The molecule has 0 aliphatic heterocycles. The maximum absolute atomic E-state index is 12.6. The number of benzene rings is 1. The monoisotopic (exact) mass is 334 g/mol. The third-order valence-electron chi connectivity index (χ3n) is 4.59. The van der Waals surface area contributed by atoms with Gasteiger partial charge >= 0.3 is 0 Å². The molecule has 1 amide bonds. The fraction of sp³-hybridized carbons (Fsp3) is 0.632. The van der Waals surface area contributed by atoms with Crippen LogP contribution >= 0.6 is 0 Å². The highest BCUT2D eigenvalue weighted by Crippen LogP contribution is 2.31. The van der Waals surface area contributed by atoms with Crippen LogP contribution in [0.3, 0.4) is 0 Å². The van der Waals surface area contributed by atoms with Crippen LogP contribution in [0.1, 0.15) is 62.7 Å². The number of unbranched alkanes of at least 4 members (excludes halogenated alkanes) is 1. The smallest absolute Gasteiger partial charge is 0.251 e. The van der Waals surface area contributed by atoms with Crippen molar-refractivity contribution in [2.75, 3.05) is 19.8 Å². The molecule has 0 atom stereocenters. The molecule has 1 fully saturated rings. The molecule has 5 nitrogen and oxygen atoms in total. The first-order chi connectivity index (χ1) is 11.6. The zero-order chi connectivity index (χ0) is 17.4. The molecule has 1 saturated carbocycles. The molecule has 0 radical (unpaired) electrons. The molecule has 5 heteroatoms. The second kappa shape index (κ2) is 8.92. The highest BCUT2D eigenvalue weighted by Gasteiger charge is 2.34. The van der Waals surface area contributed by atoms with Crippen molar-refractivity contribution < 1.29 is 14.3 Å². The standard InChI is InChI=1S/C19H30N2O3/c1-3-5-12-24-16-9-8-15(13-17(16)23-4-2)18(22)21-19(14-20)10-6-7-11-19/h8-9,13H,3-7,10-12,14,20H2,1-2H3,(H,21,22). The minimum Gasteiger partial charge on any atom is -0.490 e. The normalized spacial score (nSPS) is 16.0. The third kappa shape index (κ3) is 4.63. The second-order valence-corrected chi connectivity index (χ2v) is 6.44. The van der Waals surface area contributed by atoms with E-state index in [-0.39, 0.29) is 11.4 Å². The van der Waals surface area contributed by atoms with E-state index < -0.39 is 0 Å². The molecular weight excluding hydrogens is 304 g/mol. The summed E-state index contributed by atoms with van der Waals surface area (Å²) in [4.78, 5) is 12.6. The van der Waals surface area contributed by atoms with Crippen molar-refractivity contribution in [1.29, 1.82) is 0 Å². The Morgan fingerprint density at radius 3 is 2.58 bits per heavy atom. The lowest BCUT2D eigenvalue weighted by Crippen LogP contribution is -2.51. The number of carbonyl (C=O) groups is 1. The molecule has 134 valence electrons. The van der Waals surface area contributed by atoms with Gasteiger partial charge in [0.1, 0.15) is 0 Å². The fourth-order valence-corrected chi connectivity index (χ4v) is 3.11. The molecule has 1 aliphatic rings. The van der Waals surface area contributed by atoms with Gasteiger partial charge in [-0.25, -0.2) is 0 Å². The largest absolute Gasteiger partial charge is 0.490 e. The molecule has 0 heterocycles. The third-order valence-corrected chi connectivity index (χ3v) is 4.59. The predicted molar refractivity (Wildman–Crippen MR) is 95.7 cm³/mol. The van der Waals surface area contributed by atoms with Crippen molar-refractivity contribution in [2.45, 2.75) is 57.9 Å². The zero-order valence-electron chi connectivity index (χ0n) is 14.9. The van der Waals surface area contributed by atoms with Gasteiger partial charge in [0.15, 0.2) is 11.5 Å². The molecule has 0 unspecified atom stereocenters. The van der Waals surface area contributed by atoms with Crippen molar-refractivity contribution in [3.8, 4) is 11.5 Å². The number of hydrogen-bond acceptors (Lipinski definition) is 4. The fourth-order valence-electron chi connectivity index (χ4n) is 3.11. The number of rotatable bonds is 9. The van der Waals surface area contributed by atoms with Crippen molar-refractivity contribution >= 4 is 5.91 Å². The lowest BCUT2D eigenvalue weighted by molar-refractivity contribution is 0.0902. The lowest BCUT2D eigenvalue weighted by atomic mass is 9.97. The van der Waals surface area contributed by atoms with Gasteiger partial charge < -0.3 is 20.5 Å². The summed E-state index contributed by atoms with van der Waals surface area (Å²) in [7, 11) is 0. The van der Waals surface area contributed by atoms with Crippen molar-refractivity contribution in [2.24, 2.45) is 5.73 Å². The maximum atomic E-state index is 12.6. The Labute approximate surface area is 144 Å². The van der Waals surface area contributed by atoms with Gasteiger partial charge in [-0.1, -0.05) is 26.2 Å². The summed E-state index contributed by atoms with van der Waals surface area (Å²) in [5, 5.41) is 3.14. The van der Waals surface area contributed by atoms with Crippen LogP contribution in [0.15, 0.2) is 18.2 Å². The topological polar surface area (TPSA) is 73.6 Å². The van der Waals surface area contributed by atoms with Crippen LogP contribution in [0.25, 0.3) is 0 Å². The molecule has 1 aliphatic carbocycles. The molecule has 1 aromatic rings. The predicted octanol–water partition coefficient (Wildman–Crippen LogP) is 3.27. The Balaban J connectivity index is 2.11. The Hall–Kier alpha value is -1.75. The first-order valence-electron chi connectivity index (χ1n) is 9.06. The van der Waals surface area contributed by atoms with Crippen LogP contribution in [0.2, 0.25) is 0 Å². The number of nitrogens with one attached hydrogen (secondary N) is 1. The minimum absolute atomic E-state index is 0.0941. The van der Waals surface area contributed by atoms with Gasteiger partial charge in [-0.15, -0.1) is 0 Å². The average Bonchev–Trinajstić information content (AvgIpc) is 3.05.